The van der Waals surface area contributed by atoms with E-state index in [4.69, 9.17) is 0 Å². The topological polar surface area (TPSA) is 66.0 Å². The monoisotopic (exact) mass is 348 g/mol. The van der Waals surface area contributed by atoms with Crippen LogP contribution in [0.25, 0.3) is 22.3 Å². The number of nitriles is 1. The van der Waals surface area contributed by atoms with Crippen LogP contribution >= 0.6 is 0 Å². The molecule has 0 saturated heterocycles. The summed E-state index contributed by atoms with van der Waals surface area (Å²) in [5.74, 6) is -1.41. The van der Waals surface area contributed by atoms with Crippen LogP contribution in [-0.2, 0) is 13.5 Å². The van der Waals surface area contributed by atoms with Gasteiger partial charge >= 0.3 is 5.97 Å². The number of aromatic nitrogens is 1. The van der Waals surface area contributed by atoms with Gasteiger partial charge in [-0.05, 0) is 23.6 Å². The van der Waals surface area contributed by atoms with E-state index in [1.54, 1.807) is 54.1 Å². The van der Waals surface area contributed by atoms with Crippen LogP contribution < -0.4 is 0 Å². The van der Waals surface area contributed by atoms with Crippen LogP contribution in [0.3, 0.4) is 0 Å². The highest BCUT2D eigenvalue weighted by Gasteiger charge is 2.25. The molecule has 0 spiro atoms. The van der Waals surface area contributed by atoms with E-state index < -0.39 is 5.97 Å². The van der Waals surface area contributed by atoms with Crippen LogP contribution in [-0.4, -0.2) is 15.6 Å². The van der Waals surface area contributed by atoms with Crippen molar-refractivity contribution in [3.63, 3.8) is 0 Å². The molecule has 2 aromatic carbocycles. The zero-order valence-electron chi connectivity index (χ0n) is 14.5. The molecule has 1 aromatic heterocycles. The molecule has 4 nitrogen and oxygen atoms in total. The number of benzene rings is 2. The highest BCUT2D eigenvalue weighted by molar-refractivity contribution is 5.97. The Kier molecular flexibility index (Phi) is 4.59. The molecule has 26 heavy (non-hydrogen) atoms. The lowest BCUT2D eigenvalue weighted by atomic mass is 9.97. The van der Waals surface area contributed by atoms with E-state index in [0.717, 1.165) is 0 Å². The van der Waals surface area contributed by atoms with E-state index in [0.29, 0.717) is 39.9 Å². The molecule has 3 aromatic rings. The summed E-state index contributed by atoms with van der Waals surface area (Å²) in [5, 5.41) is 19.2. The van der Waals surface area contributed by atoms with Crippen molar-refractivity contribution >= 4 is 5.97 Å². The van der Waals surface area contributed by atoms with Crippen molar-refractivity contribution in [1.82, 2.24) is 4.57 Å². The average Bonchev–Trinajstić information content (AvgIpc) is 2.94. The fourth-order valence-corrected chi connectivity index (χ4v) is 3.31. The molecule has 3 rings (SSSR count). The number of halogens is 1. The molecule has 1 heterocycles. The maximum absolute atomic E-state index is 14.0. The molecule has 0 amide bonds. The van der Waals surface area contributed by atoms with E-state index in [2.05, 4.69) is 6.07 Å². The molecule has 130 valence electrons. The second kappa shape index (κ2) is 6.85. The Labute approximate surface area is 150 Å². The second-order valence-electron chi connectivity index (χ2n) is 5.93. The average molecular weight is 348 g/mol. The normalized spacial score (nSPS) is 10.5. The minimum absolute atomic E-state index is 0.0806. The van der Waals surface area contributed by atoms with Crippen molar-refractivity contribution in [2.45, 2.75) is 13.3 Å². The zero-order chi connectivity index (χ0) is 18.8. The summed E-state index contributed by atoms with van der Waals surface area (Å²) < 4.78 is 15.5. The van der Waals surface area contributed by atoms with Gasteiger partial charge < -0.3 is 9.67 Å². The number of rotatable bonds is 4. The molecule has 0 saturated carbocycles. The summed E-state index contributed by atoms with van der Waals surface area (Å²) in [6.07, 6.45) is 0.549. The largest absolute Gasteiger partial charge is 0.477 e. The standard InChI is InChI=1S/C21H17FN2O2/c1-3-18-16(12-23)19(20(21(25)26)24(18)2)14-10-8-13(9-11-14)15-6-4-5-7-17(15)22/h4-11H,3H2,1-2H3,(H,25,26). The first-order chi connectivity index (χ1) is 12.5. The van der Waals surface area contributed by atoms with E-state index in [1.807, 2.05) is 6.92 Å². The van der Waals surface area contributed by atoms with Crippen molar-refractivity contribution in [2.24, 2.45) is 7.05 Å². The van der Waals surface area contributed by atoms with Gasteiger partial charge in [-0.2, -0.15) is 5.26 Å². The molecule has 0 fully saturated rings. The number of hydrogen-bond acceptors (Lipinski definition) is 2. The third-order valence-electron chi connectivity index (χ3n) is 4.52. The van der Waals surface area contributed by atoms with E-state index in [1.165, 1.54) is 6.07 Å². The van der Waals surface area contributed by atoms with Gasteiger partial charge in [0.25, 0.3) is 0 Å². The van der Waals surface area contributed by atoms with Gasteiger partial charge in [-0.15, -0.1) is 0 Å². The van der Waals surface area contributed by atoms with Crippen LogP contribution in [0.1, 0.15) is 28.7 Å². The first kappa shape index (κ1) is 17.4. The maximum atomic E-state index is 14.0. The third-order valence-corrected chi connectivity index (χ3v) is 4.52. The van der Waals surface area contributed by atoms with Gasteiger partial charge in [0.2, 0.25) is 0 Å². The number of hydrogen-bond donors (Lipinski definition) is 1. The van der Waals surface area contributed by atoms with Crippen LogP contribution in [0.15, 0.2) is 48.5 Å². The number of carbonyl (C=O) groups is 1. The lowest BCUT2D eigenvalue weighted by Crippen LogP contribution is -2.07. The summed E-state index contributed by atoms with van der Waals surface area (Å²) >= 11 is 0. The van der Waals surface area contributed by atoms with Crippen LogP contribution in [0.5, 0.6) is 0 Å². The van der Waals surface area contributed by atoms with Crippen molar-refractivity contribution < 1.29 is 14.3 Å². The molecule has 1 N–H and O–H groups in total. The van der Waals surface area contributed by atoms with E-state index >= 15 is 0 Å². The Morgan fingerprint density at radius 3 is 2.31 bits per heavy atom. The molecule has 0 radical (unpaired) electrons. The Morgan fingerprint density at radius 1 is 1.15 bits per heavy atom. The lowest BCUT2D eigenvalue weighted by Gasteiger charge is -2.07. The summed E-state index contributed by atoms with van der Waals surface area (Å²) in [4.78, 5) is 11.8. The number of aromatic carboxylic acids is 1. The van der Waals surface area contributed by atoms with E-state index in [9.17, 15) is 19.6 Å². The predicted octanol–water partition coefficient (Wildman–Crippen LogP) is 4.63. The molecule has 0 aliphatic heterocycles. The smallest absolute Gasteiger partial charge is 0.353 e. The maximum Gasteiger partial charge on any atom is 0.353 e. The van der Waals surface area contributed by atoms with Gasteiger partial charge in [0.15, 0.2) is 0 Å². The highest BCUT2D eigenvalue weighted by atomic mass is 19.1. The summed E-state index contributed by atoms with van der Waals surface area (Å²) in [6.45, 7) is 1.88. The first-order valence-corrected chi connectivity index (χ1v) is 8.19. The van der Waals surface area contributed by atoms with Crippen LogP contribution in [0.4, 0.5) is 4.39 Å². The summed E-state index contributed by atoms with van der Waals surface area (Å²) in [7, 11) is 1.65. The molecule has 0 atom stereocenters. The van der Waals surface area contributed by atoms with Crippen LogP contribution in [0.2, 0.25) is 0 Å². The van der Waals surface area contributed by atoms with Crippen molar-refractivity contribution in [1.29, 1.82) is 5.26 Å². The van der Waals surface area contributed by atoms with Gasteiger partial charge in [0, 0.05) is 23.9 Å². The van der Waals surface area contributed by atoms with Crippen LogP contribution in [0, 0.1) is 17.1 Å². The molecule has 0 aliphatic carbocycles. The second-order valence-corrected chi connectivity index (χ2v) is 5.93. The molecule has 0 bridgehead atoms. The Balaban J connectivity index is 2.18. The van der Waals surface area contributed by atoms with Crippen molar-refractivity contribution in [3.05, 3.63) is 71.3 Å². The minimum atomic E-state index is -1.09. The minimum Gasteiger partial charge on any atom is -0.477 e. The molecular weight excluding hydrogens is 331 g/mol. The third kappa shape index (κ3) is 2.76. The number of carboxylic acids is 1. The summed E-state index contributed by atoms with van der Waals surface area (Å²) in [5.41, 5.74) is 3.31. The fraction of sp³-hybridized carbons (Fsp3) is 0.143. The quantitative estimate of drug-likeness (QED) is 0.747. The van der Waals surface area contributed by atoms with Gasteiger partial charge in [0.1, 0.15) is 17.6 Å². The number of nitrogens with zero attached hydrogens (tertiary/aromatic N) is 2. The van der Waals surface area contributed by atoms with Gasteiger partial charge in [-0.1, -0.05) is 49.4 Å². The highest BCUT2D eigenvalue weighted by Crippen LogP contribution is 2.34. The SMILES string of the molecule is CCc1c(C#N)c(-c2ccc(-c3ccccc3F)cc2)c(C(=O)O)n1C. The van der Waals surface area contributed by atoms with Crippen molar-refractivity contribution in [2.75, 3.05) is 0 Å². The molecule has 0 aliphatic rings. The lowest BCUT2D eigenvalue weighted by molar-refractivity contribution is 0.0687. The van der Waals surface area contributed by atoms with Crippen molar-refractivity contribution in [3.8, 4) is 28.3 Å². The van der Waals surface area contributed by atoms with E-state index in [-0.39, 0.29) is 11.5 Å². The molecular formula is C21H17FN2O2. The Bertz CT molecular complexity index is 1030. The Morgan fingerprint density at radius 2 is 1.77 bits per heavy atom. The van der Waals surface area contributed by atoms with Gasteiger partial charge in [0.05, 0.1) is 5.56 Å². The predicted molar refractivity (Wildman–Crippen MR) is 97.3 cm³/mol. The zero-order valence-corrected chi connectivity index (χ0v) is 14.5. The first-order valence-electron chi connectivity index (χ1n) is 8.19. The molecule has 0 unspecified atom stereocenters. The summed E-state index contributed by atoms with van der Waals surface area (Å²) in [6, 6.07) is 15.5. The Hall–Kier alpha value is -3.39. The fourth-order valence-electron chi connectivity index (χ4n) is 3.31. The van der Waals surface area contributed by atoms with Gasteiger partial charge in [-0.25, -0.2) is 9.18 Å². The van der Waals surface area contributed by atoms with Gasteiger partial charge in [-0.3, -0.25) is 0 Å². The number of carboxylic acid groups (broad SMARTS) is 1. The molecule has 5 heteroatoms.